The van der Waals surface area contributed by atoms with E-state index in [0.717, 1.165) is 5.56 Å². The number of hydrogen-bond donors (Lipinski definition) is 1. The molecule has 1 atom stereocenters. The van der Waals surface area contributed by atoms with Crippen LogP contribution in [-0.4, -0.2) is 20.8 Å². The summed E-state index contributed by atoms with van der Waals surface area (Å²) in [6.07, 6.45) is 1.47. The quantitative estimate of drug-likeness (QED) is 0.897. The van der Waals surface area contributed by atoms with Crippen LogP contribution in [0, 0.1) is 22.7 Å². The lowest BCUT2D eigenvalue weighted by Gasteiger charge is -2.30. The normalized spacial score (nSPS) is 13.4. The highest BCUT2D eigenvalue weighted by molar-refractivity contribution is 5.31. The van der Waals surface area contributed by atoms with Crippen LogP contribution in [0.4, 0.5) is 0 Å². The lowest BCUT2D eigenvalue weighted by Crippen LogP contribution is -2.48. The molecule has 2 aromatic rings. The molecule has 0 amide bonds. The molecule has 0 saturated carbocycles. The van der Waals surface area contributed by atoms with Gasteiger partial charge in [-0.25, -0.2) is 9.67 Å². The maximum Gasteiger partial charge on any atom is 0.252 e. The fourth-order valence-corrected chi connectivity index (χ4v) is 2.23. The fraction of sp³-hybridized carbons (Fsp3) is 0.333. The van der Waals surface area contributed by atoms with E-state index < -0.39 is 5.54 Å². The third-order valence-electron chi connectivity index (χ3n) is 3.03. The van der Waals surface area contributed by atoms with Crippen LogP contribution in [-0.2, 0) is 12.1 Å². The van der Waals surface area contributed by atoms with Crippen molar-refractivity contribution in [3.05, 3.63) is 48.0 Å². The molecule has 0 aliphatic carbocycles. The minimum atomic E-state index is -0.921. The molecule has 2 rings (SSSR count). The topological polar surface area (TPSA) is 90.3 Å². The first kappa shape index (κ1) is 14.7. The van der Waals surface area contributed by atoms with Crippen LogP contribution in [0.2, 0.25) is 0 Å². The number of benzene rings is 1. The highest BCUT2D eigenvalue weighted by Gasteiger charge is 2.34. The molecule has 1 unspecified atom stereocenters. The fourth-order valence-electron chi connectivity index (χ4n) is 2.23. The van der Waals surface area contributed by atoms with Crippen molar-refractivity contribution in [3.8, 4) is 12.1 Å². The molecule has 1 aromatic heterocycles. The van der Waals surface area contributed by atoms with Gasteiger partial charge in [0.2, 0.25) is 0 Å². The first-order valence-electron chi connectivity index (χ1n) is 6.63. The van der Waals surface area contributed by atoms with E-state index in [1.165, 1.54) is 11.0 Å². The summed E-state index contributed by atoms with van der Waals surface area (Å²) in [5.74, 6) is 0.0967. The second kappa shape index (κ2) is 6.17. The van der Waals surface area contributed by atoms with Gasteiger partial charge in [0, 0.05) is 6.04 Å². The summed E-state index contributed by atoms with van der Waals surface area (Å²) in [5, 5.41) is 25.9. The number of nitrogens with one attached hydrogen (secondary N) is 1. The van der Waals surface area contributed by atoms with E-state index in [0.29, 0.717) is 0 Å². The zero-order valence-electron chi connectivity index (χ0n) is 12.0. The number of aromatic nitrogens is 3. The smallest absolute Gasteiger partial charge is 0.252 e. The van der Waals surface area contributed by atoms with Gasteiger partial charge >= 0.3 is 0 Å². The van der Waals surface area contributed by atoms with Gasteiger partial charge in [0.15, 0.2) is 5.54 Å². The highest BCUT2D eigenvalue weighted by atomic mass is 15.3. The van der Waals surface area contributed by atoms with Gasteiger partial charge in [-0.1, -0.05) is 30.3 Å². The van der Waals surface area contributed by atoms with Crippen LogP contribution in [0.3, 0.4) is 0 Å². The van der Waals surface area contributed by atoms with Crippen molar-refractivity contribution >= 4 is 0 Å². The molecule has 1 N–H and O–H groups in total. The van der Waals surface area contributed by atoms with E-state index in [1.54, 1.807) is 0 Å². The van der Waals surface area contributed by atoms with Crippen molar-refractivity contribution in [2.24, 2.45) is 0 Å². The molecule has 21 heavy (non-hydrogen) atoms. The molecule has 1 aromatic carbocycles. The molecule has 0 bridgehead atoms. The second-order valence-corrected chi connectivity index (χ2v) is 5.06. The van der Waals surface area contributed by atoms with Gasteiger partial charge in [0.25, 0.3) is 5.82 Å². The Hall–Kier alpha value is -2.70. The predicted molar refractivity (Wildman–Crippen MR) is 76.7 cm³/mol. The SMILES string of the molecule is CC(C)NC(C#N)(Cn1cnc(C#N)n1)c1ccccc1. The Morgan fingerprint density at radius 2 is 2.00 bits per heavy atom. The molecule has 0 saturated heterocycles. The first-order chi connectivity index (χ1) is 10.1. The summed E-state index contributed by atoms with van der Waals surface area (Å²) in [6.45, 7) is 4.24. The number of nitriles is 2. The van der Waals surface area contributed by atoms with Gasteiger partial charge in [-0.3, -0.25) is 5.32 Å². The zero-order valence-corrected chi connectivity index (χ0v) is 12.0. The average Bonchev–Trinajstić information content (AvgIpc) is 2.94. The number of rotatable bonds is 5. The van der Waals surface area contributed by atoms with Gasteiger partial charge in [-0.15, -0.1) is 5.10 Å². The van der Waals surface area contributed by atoms with Gasteiger partial charge in [0.05, 0.1) is 12.6 Å². The van der Waals surface area contributed by atoms with Crippen LogP contribution in [0.1, 0.15) is 25.2 Å². The summed E-state index contributed by atoms with van der Waals surface area (Å²) in [5.41, 5.74) is -0.0641. The van der Waals surface area contributed by atoms with Crippen LogP contribution in [0.5, 0.6) is 0 Å². The predicted octanol–water partition coefficient (Wildman–Crippen LogP) is 1.57. The van der Waals surface area contributed by atoms with Crippen molar-refractivity contribution in [1.29, 1.82) is 10.5 Å². The lowest BCUT2D eigenvalue weighted by atomic mass is 9.90. The molecule has 0 aliphatic rings. The van der Waals surface area contributed by atoms with Crippen LogP contribution >= 0.6 is 0 Å². The molecule has 0 aliphatic heterocycles. The number of hydrogen-bond acceptors (Lipinski definition) is 5. The lowest BCUT2D eigenvalue weighted by molar-refractivity contribution is 0.325. The van der Waals surface area contributed by atoms with Gasteiger partial charge in [-0.05, 0) is 19.4 Å². The van der Waals surface area contributed by atoms with Crippen LogP contribution < -0.4 is 5.32 Å². The van der Waals surface area contributed by atoms with Crippen molar-refractivity contribution in [2.75, 3.05) is 0 Å². The second-order valence-electron chi connectivity index (χ2n) is 5.06. The molecule has 6 heteroatoms. The summed E-state index contributed by atoms with van der Waals surface area (Å²) in [7, 11) is 0. The maximum absolute atomic E-state index is 9.77. The van der Waals surface area contributed by atoms with Gasteiger partial charge < -0.3 is 0 Å². The third kappa shape index (κ3) is 3.25. The minimum Gasteiger partial charge on any atom is -0.292 e. The molecule has 0 spiro atoms. The van der Waals surface area contributed by atoms with Crippen molar-refractivity contribution < 1.29 is 0 Å². The Morgan fingerprint density at radius 3 is 2.52 bits per heavy atom. The largest absolute Gasteiger partial charge is 0.292 e. The number of nitrogens with zero attached hydrogens (tertiary/aromatic N) is 5. The minimum absolute atomic E-state index is 0.0967. The maximum atomic E-state index is 9.77. The first-order valence-corrected chi connectivity index (χ1v) is 6.63. The van der Waals surface area contributed by atoms with Crippen LogP contribution in [0.15, 0.2) is 36.7 Å². The molecule has 1 heterocycles. The molecule has 0 radical (unpaired) electrons. The Bertz CT molecular complexity index is 676. The van der Waals surface area contributed by atoms with E-state index in [9.17, 15) is 5.26 Å². The average molecular weight is 280 g/mol. The summed E-state index contributed by atoms with van der Waals surface area (Å²) >= 11 is 0. The molecule has 0 fully saturated rings. The van der Waals surface area contributed by atoms with Gasteiger partial charge in [-0.2, -0.15) is 10.5 Å². The van der Waals surface area contributed by atoms with E-state index in [4.69, 9.17) is 5.26 Å². The Labute approximate surface area is 123 Å². The molecule has 6 nitrogen and oxygen atoms in total. The summed E-state index contributed by atoms with van der Waals surface area (Å²) in [6, 6.07) is 13.9. The Morgan fingerprint density at radius 1 is 1.29 bits per heavy atom. The van der Waals surface area contributed by atoms with Crippen molar-refractivity contribution in [2.45, 2.75) is 32.0 Å². The van der Waals surface area contributed by atoms with Crippen LogP contribution in [0.25, 0.3) is 0 Å². The Balaban J connectivity index is 2.41. The van der Waals surface area contributed by atoms with E-state index in [-0.39, 0.29) is 18.4 Å². The van der Waals surface area contributed by atoms with Gasteiger partial charge in [0.1, 0.15) is 12.4 Å². The zero-order chi connectivity index (χ0) is 15.3. The third-order valence-corrected chi connectivity index (χ3v) is 3.03. The monoisotopic (exact) mass is 280 g/mol. The van der Waals surface area contributed by atoms with E-state index >= 15 is 0 Å². The molecular formula is C15H16N6. The van der Waals surface area contributed by atoms with Crippen molar-refractivity contribution in [3.63, 3.8) is 0 Å². The standard InChI is InChI=1S/C15H16N6/c1-12(2)19-15(9-17,13-6-4-3-5-7-13)10-21-11-18-14(8-16)20-21/h3-7,11-12,19H,10H2,1-2H3. The Kier molecular flexibility index (Phi) is 4.32. The van der Waals surface area contributed by atoms with E-state index in [1.807, 2.05) is 50.2 Å². The molecule has 106 valence electrons. The summed E-state index contributed by atoms with van der Waals surface area (Å²) < 4.78 is 1.52. The van der Waals surface area contributed by atoms with E-state index in [2.05, 4.69) is 21.5 Å². The van der Waals surface area contributed by atoms with Crippen molar-refractivity contribution in [1.82, 2.24) is 20.1 Å². The highest BCUT2D eigenvalue weighted by Crippen LogP contribution is 2.23. The molecular weight excluding hydrogens is 264 g/mol. The summed E-state index contributed by atoms with van der Waals surface area (Å²) in [4.78, 5) is 3.88.